The van der Waals surface area contributed by atoms with Gasteiger partial charge in [0.25, 0.3) is 0 Å². The van der Waals surface area contributed by atoms with E-state index in [0.29, 0.717) is 22.9 Å². The molecule has 1 atom stereocenters. The second kappa shape index (κ2) is 6.39. The molecule has 1 heterocycles. The van der Waals surface area contributed by atoms with Gasteiger partial charge in [-0.3, -0.25) is 0 Å². The lowest BCUT2D eigenvalue weighted by Gasteiger charge is -2.27. The first kappa shape index (κ1) is 16.1. The summed E-state index contributed by atoms with van der Waals surface area (Å²) in [5.74, 6) is 1.33. The molecule has 1 aliphatic heterocycles. The molecule has 0 aliphatic carbocycles. The molecule has 3 rings (SSSR count). The molecule has 2 aromatic rings. The Morgan fingerprint density at radius 2 is 1.96 bits per heavy atom. The van der Waals surface area contributed by atoms with Crippen LogP contribution in [0.25, 0.3) is 0 Å². The van der Waals surface area contributed by atoms with Gasteiger partial charge in [-0.25, -0.2) is 13.1 Å². The van der Waals surface area contributed by atoms with Crippen molar-refractivity contribution in [3.63, 3.8) is 0 Å². The van der Waals surface area contributed by atoms with Crippen molar-refractivity contribution in [3.05, 3.63) is 53.1 Å². The lowest BCUT2D eigenvalue weighted by molar-refractivity contribution is 0.240. The van der Waals surface area contributed by atoms with Crippen molar-refractivity contribution in [2.24, 2.45) is 0 Å². The second-order valence-electron chi connectivity index (χ2n) is 5.24. The molecule has 7 heteroatoms. The highest BCUT2D eigenvalue weighted by Crippen LogP contribution is 2.34. The minimum atomic E-state index is -3.61. The molecule has 23 heavy (non-hydrogen) atoms. The summed E-state index contributed by atoms with van der Waals surface area (Å²) in [6, 6.07) is 11.3. The lowest BCUT2D eigenvalue weighted by Crippen LogP contribution is -2.42. The van der Waals surface area contributed by atoms with Crippen molar-refractivity contribution in [1.82, 2.24) is 4.72 Å². The molecule has 1 aliphatic rings. The Bertz CT molecular complexity index is 805. The minimum absolute atomic E-state index is 0.179. The van der Waals surface area contributed by atoms with Gasteiger partial charge in [0, 0.05) is 5.02 Å². The van der Waals surface area contributed by atoms with E-state index in [0.717, 1.165) is 5.56 Å². The van der Waals surface area contributed by atoms with Crippen LogP contribution in [0.15, 0.2) is 47.4 Å². The summed E-state index contributed by atoms with van der Waals surface area (Å²) in [5, 5.41) is 0.492. The Labute approximate surface area is 140 Å². The molecule has 0 bridgehead atoms. The maximum absolute atomic E-state index is 12.4. The summed E-state index contributed by atoms with van der Waals surface area (Å²) in [6.07, 6.45) is 0.541. The summed E-state index contributed by atoms with van der Waals surface area (Å²) in [7, 11) is -2.04. The number of fused-ring (bicyclic) bond motifs is 1. The molecule has 1 N–H and O–H groups in total. The van der Waals surface area contributed by atoms with Gasteiger partial charge in [-0.1, -0.05) is 23.7 Å². The predicted molar refractivity (Wildman–Crippen MR) is 87.8 cm³/mol. The number of halogens is 1. The van der Waals surface area contributed by atoms with Gasteiger partial charge in [0.05, 0.1) is 18.0 Å². The van der Waals surface area contributed by atoms with Crippen LogP contribution in [0.4, 0.5) is 0 Å². The molecular weight excluding hydrogens is 338 g/mol. The van der Waals surface area contributed by atoms with Gasteiger partial charge in [0.15, 0.2) is 11.5 Å². The first-order chi connectivity index (χ1) is 11.0. The van der Waals surface area contributed by atoms with E-state index >= 15 is 0 Å². The molecule has 0 saturated carbocycles. The standard InChI is InChI=1S/C16H16ClNO4S/c1-21-15-4-2-3-11-9-13(10-22-16(11)15)18-23(19,20)14-7-5-12(17)6-8-14/h2-8,13,18H,9-10H2,1H3/t13-/m1/s1. The Hall–Kier alpha value is -1.76. The third-order valence-electron chi connectivity index (χ3n) is 3.62. The molecule has 0 unspecified atom stereocenters. The summed E-state index contributed by atoms with van der Waals surface area (Å²) in [4.78, 5) is 0.179. The van der Waals surface area contributed by atoms with E-state index in [2.05, 4.69) is 4.72 Å². The van der Waals surface area contributed by atoms with Crippen molar-refractivity contribution in [1.29, 1.82) is 0 Å². The topological polar surface area (TPSA) is 64.6 Å². The molecule has 0 amide bonds. The van der Waals surface area contributed by atoms with Gasteiger partial charge in [0.2, 0.25) is 10.0 Å². The Kier molecular flexibility index (Phi) is 4.48. The second-order valence-corrected chi connectivity index (χ2v) is 7.39. The molecule has 2 aromatic carbocycles. The monoisotopic (exact) mass is 353 g/mol. The van der Waals surface area contributed by atoms with Crippen molar-refractivity contribution in [3.8, 4) is 11.5 Å². The van der Waals surface area contributed by atoms with Crippen molar-refractivity contribution in [2.75, 3.05) is 13.7 Å². The van der Waals surface area contributed by atoms with Crippen molar-refractivity contribution < 1.29 is 17.9 Å². The minimum Gasteiger partial charge on any atom is -0.493 e. The summed E-state index contributed by atoms with van der Waals surface area (Å²) in [6.45, 7) is 0.250. The van der Waals surface area contributed by atoms with Crippen LogP contribution in [-0.4, -0.2) is 28.2 Å². The zero-order valence-electron chi connectivity index (χ0n) is 12.5. The fraction of sp³-hybridized carbons (Fsp3) is 0.250. The summed E-state index contributed by atoms with van der Waals surface area (Å²) < 4.78 is 38.4. The van der Waals surface area contributed by atoms with Crippen LogP contribution in [0.2, 0.25) is 5.02 Å². The fourth-order valence-corrected chi connectivity index (χ4v) is 3.88. The number of ether oxygens (including phenoxy) is 2. The summed E-state index contributed by atoms with van der Waals surface area (Å²) in [5.41, 5.74) is 0.916. The number of rotatable bonds is 4. The number of nitrogens with one attached hydrogen (secondary N) is 1. The number of methoxy groups -OCH3 is 1. The van der Waals surface area contributed by atoms with E-state index in [1.165, 1.54) is 12.1 Å². The molecule has 0 saturated heterocycles. The molecule has 0 aromatic heterocycles. The normalized spacial score (nSPS) is 17.2. The molecule has 0 spiro atoms. The van der Waals surface area contributed by atoms with Crippen LogP contribution < -0.4 is 14.2 Å². The largest absolute Gasteiger partial charge is 0.493 e. The van der Waals surface area contributed by atoms with Gasteiger partial charge in [0.1, 0.15) is 6.61 Å². The zero-order valence-corrected chi connectivity index (χ0v) is 14.0. The van der Waals surface area contributed by atoms with Gasteiger partial charge in [-0.15, -0.1) is 0 Å². The maximum Gasteiger partial charge on any atom is 0.240 e. The average Bonchev–Trinajstić information content (AvgIpc) is 2.54. The van der Waals surface area contributed by atoms with E-state index in [9.17, 15) is 8.42 Å². The van der Waals surface area contributed by atoms with Crippen LogP contribution in [0.1, 0.15) is 5.56 Å². The quantitative estimate of drug-likeness (QED) is 0.917. The summed E-state index contributed by atoms with van der Waals surface area (Å²) >= 11 is 5.79. The van der Waals surface area contributed by atoms with Crippen LogP contribution in [0.3, 0.4) is 0 Å². The molecule has 122 valence electrons. The first-order valence-electron chi connectivity index (χ1n) is 7.06. The third kappa shape index (κ3) is 3.44. The van der Waals surface area contributed by atoms with E-state index in [-0.39, 0.29) is 17.5 Å². The highest BCUT2D eigenvalue weighted by molar-refractivity contribution is 7.89. The fourth-order valence-electron chi connectivity index (χ4n) is 2.53. The van der Waals surface area contributed by atoms with Gasteiger partial charge < -0.3 is 9.47 Å². The number of para-hydroxylation sites is 1. The third-order valence-corrected chi connectivity index (χ3v) is 5.41. The lowest BCUT2D eigenvalue weighted by atomic mass is 10.0. The van der Waals surface area contributed by atoms with Crippen molar-refractivity contribution in [2.45, 2.75) is 17.4 Å². The highest BCUT2D eigenvalue weighted by Gasteiger charge is 2.27. The molecule has 5 nitrogen and oxygen atoms in total. The Morgan fingerprint density at radius 3 is 2.65 bits per heavy atom. The van der Waals surface area contributed by atoms with Crippen LogP contribution in [-0.2, 0) is 16.4 Å². The molecule has 0 radical (unpaired) electrons. The Morgan fingerprint density at radius 1 is 1.22 bits per heavy atom. The van der Waals surface area contributed by atoms with Gasteiger partial charge >= 0.3 is 0 Å². The van der Waals surface area contributed by atoms with E-state index in [1.54, 1.807) is 19.2 Å². The average molecular weight is 354 g/mol. The highest BCUT2D eigenvalue weighted by atomic mass is 35.5. The smallest absolute Gasteiger partial charge is 0.240 e. The first-order valence-corrected chi connectivity index (χ1v) is 8.92. The number of hydrogen-bond acceptors (Lipinski definition) is 4. The zero-order chi connectivity index (χ0) is 16.4. The molecular formula is C16H16ClNO4S. The molecule has 0 fully saturated rings. The maximum atomic E-state index is 12.4. The van der Waals surface area contributed by atoms with E-state index in [4.69, 9.17) is 21.1 Å². The van der Waals surface area contributed by atoms with Gasteiger partial charge in [-0.2, -0.15) is 0 Å². The van der Waals surface area contributed by atoms with Crippen LogP contribution in [0, 0.1) is 0 Å². The number of hydrogen-bond donors (Lipinski definition) is 1. The number of sulfonamides is 1. The Balaban J connectivity index is 1.78. The number of benzene rings is 2. The SMILES string of the molecule is COc1cccc2c1OC[C@H](NS(=O)(=O)c1ccc(Cl)cc1)C2. The van der Waals surface area contributed by atoms with Crippen molar-refractivity contribution >= 4 is 21.6 Å². The van der Waals surface area contributed by atoms with Crippen LogP contribution >= 0.6 is 11.6 Å². The van der Waals surface area contributed by atoms with E-state index < -0.39 is 10.0 Å². The predicted octanol–water partition coefficient (Wildman–Crippen LogP) is 2.63. The van der Waals surface area contributed by atoms with E-state index in [1.807, 2.05) is 18.2 Å². The van der Waals surface area contributed by atoms with Crippen LogP contribution in [0.5, 0.6) is 11.5 Å². The van der Waals surface area contributed by atoms with Gasteiger partial charge in [-0.05, 0) is 42.3 Å².